The van der Waals surface area contributed by atoms with Crippen LogP contribution in [-0.4, -0.2) is 51.3 Å². The minimum Gasteiger partial charge on any atom is -0.352 e. The van der Waals surface area contributed by atoms with Gasteiger partial charge in [-0.2, -0.15) is 4.37 Å². The summed E-state index contributed by atoms with van der Waals surface area (Å²) in [5.41, 5.74) is 4.45. The largest absolute Gasteiger partial charge is 0.352 e. The monoisotopic (exact) mass is 449 g/mol. The summed E-state index contributed by atoms with van der Waals surface area (Å²) in [5, 5.41) is 0.691. The molecular formula is C23H20ClN5OS. The van der Waals surface area contributed by atoms with Gasteiger partial charge in [0.2, 0.25) is 0 Å². The van der Waals surface area contributed by atoms with E-state index < -0.39 is 0 Å². The second kappa shape index (κ2) is 8.24. The predicted octanol–water partition coefficient (Wildman–Crippen LogP) is 4.68. The zero-order chi connectivity index (χ0) is 21.4. The zero-order valence-corrected chi connectivity index (χ0v) is 18.5. The summed E-state index contributed by atoms with van der Waals surface area (Å²) in [7, 11) is 0. The van der Waals surface area contributed by atoms with Crippen molar-refractivity contribution < 1.29 is 4.79 Å². The van der Waals surface area contributed by atoms with Gasteiger partial charge in [0.25, 0.3) is 5.91 Å². The van der Waals surface area contributed by atoms with Gasteiger partial charge in [0.15, 0.2) is 5.82 Å². The second-order valence-corrected chi connectivity index (χ2v) is 8.72. The second-order valence-electron chi connectivity index (χ2n) is 7.51. The van der Waals surface area contributed by atoms with Gasteiger partial charge < -0.3 is 9.80 Å². The number of hydrogen-bond donors (Lipinski definition) is 0. The van der Waals surface area contributed by atoms with Gasteiger partial charge in [-0.15, -0.1) is 0 Å². The van der Waals surface area contributed by atoms with Gasteiger partial charge in [-0.3, -0.25) is 4.79 Å². The number of piperazine rings is 1. The Morgan fingerprint density at radius 3 is 2.48 bits per heavy atom. The quantitative estimate of drug-likeness (QED) is 0.454. The normalized spacial score (nSPS) is 14.3. The minimum absolute atomic E-state index is 0.0911. The van der Waals surface area contributed by atoms with Gasteiger partial charge in [0.1, 0.15) is 22.2 Å². The smallest absolute Gasteiger partial charge is 0.254 e. The molecule has 0 spiro atoms. The van der Waals surface area contributed by atoms with Crippen molar-refractivity contribution in [3.05, 3.63) is 71.0 Å². The average Bonchev–Trinajstić information content (AvgIpc) is 3.24. The minimum atomic E-state index is 0.0911. The van der Waals surface area contributed by atoms with E-state index in [-0.39, 0.29) is 5.91 Å². The Balaban J connectivity index is 1.37. The molecule has 1 amide bonds. The Morgan fingerprint density at radius 2 is 1.74 bits per heavy atom. The molecule has 156 valence electrons. The van der Waals surface area contributed by atoms with E-state index in [9.17, 15) is 4.79 Å². The molecule has 1 aliphatic rings. The lowest BCUT2D eigenvalue weighted by atomic mass is 10.1. The van der Waals surface area contributed by atoms with Gasteiger partial charge in [0, 0.05) is 42.3 Å². The van der Waals surface area contributed by atoms with Crippen LogP contribution in [-0.2, 0) is 0 Å². The third-order valence-electron chi connectivity index (χ3n) is 5.60. The van der Waals surface area contributed by atoms with E-state index in [1.54, 1.807) is 6.33 Å². The third-order valence-corrected chi connectivity index (χ3v) is 6.68. The molecule has 0 saturated carbocycles. The highest BCUT2D eigenvalue weighted by atomic mass is 35.5. The number of benzene rings is 2. The predicted molar refractivity (Wildman–Crippen MR) is 125 cm³/mol. The lowest BCUT2D eigenvalue weighted by Gasteiger charge is -2.35. The number of rotatable bonds is 3. The first-order chi connectivity index (χ1) is 15.1. The molecule has 3 heterocycles. The van der Waals surface area contributed by atoms with Crippen LogP contribution in [0.15, 0.2) is 54.9 Å². The Labute approximate surface area is 189 Å². The van der Waals surface area contributed by atoms with Gasteiger partial charge in [-0.1, -0.05) is 41.9 Å². The van der Waals surface area contributed by atoms with Crippen molar-refractivity contribution in [3.63, 3.8) is 0 Å². The van der Waals surface area contributed by atoms with Crippen LogP contribution in [0.3, 0.4) is 0 Å². The summed E-state index contributed by atoms with van der Waals surface area (Å²) in [6.07, 6.45) is 1.59. The maximum atomic E-state index is 12.9. The lowest BCUT2D eigenvalue weighted by Crippen LogP contribution is -2.49. The highest BCUT2D eigenvalue weighted by molar-refractivity contribution is 7.14. The SMILES string of the molecule is Cc1ccccc1C(=O)N1CCN(c2ncnc3c(-c4ccc(Cl)cc4)nsc23)CC1. The molecule has 2 aromatic carbocycles. The van der Waals surface area contributed by atoms with Crippen molar-refractivity contribution in [3.8, 4) is 11.3 Å². The summed E-state index contributed by atoms with van der Waals surface area (Å²) in [4.78, 5) is 26.1. The zero-order valence-electron chi connectivity index (χ0n) is 17.0. The molecule has 2 aromatic heterocycles. The van der Waals surface area contributed by atoms with E-state index in [0.717, 1.165) is 51.5 Å². The van der Waals surface area contributed by atoms with Crippen LogP contribution in [0, 0.1) is 6.92 Å². The van der Waals surface area contributed by atoms with E-state index in [2.05, 4.69) is 19.2 Å². The third kappa shape index (κ3) is 3.75. The topological polar surface area (TPSA) is 62.2 Å². The fourth-order valence-electron chi connectivity index (χ4n) is 3.88. The Morgan fingerprint density at radius 1 is 1.00 bits per heavy atom. The van der Waals surface area contributed by atoms with Crippen LogP contribution in [0.5, 0.6) is 0 Å². The van der Waals surface area contributed by atoms with Crippen molar-refractivity contribution in [2.75, 3.05) is 31.1 Å². The molecule has 0 N–H and O–H groups in total. The first-order valence-electron chi connectivity index (χ1n) is 10.1. The van der Waals surface area contributed by atoms with E-state index in [4.69, 9.17) is 11.6 Å². The molecule has 0 atom stereocenters. The summed E-state index contributed by atoms with van der Waals surface area (Å²) < 4.78 is 5.61. The maximum Gasteiger partial charge on any atom is 0.254 e. The van der Waals surface area contributed by atoms with E-state index >= 15 is 0 Å². The number of halogens is 1. The number of amides is 1. The summed E-state index contributed by atoms with van der Waals surface area (Å²) in [5.74, 6) is 0.971. The Bertz CT molecular complexity index is 1250. The Kier molecular flexibility index (Phi) is 5.29. The first kappa shape index (κ1) is 19.9. The molecule has 0 aliphatic carbocycles. The molecule has 31 heavy (non-hydrogen) atoms. The highest BCUT2D eigenvalue weighted by Gasteiger charge is 2.26. The summed E-state index contributed by atoms with van der Waals surface area (Å²) in [6, 6.07) is 15.4. The molecule has 0 radical (unpaired) electrons. The van der Waals surface area contributed by atoms with Crippen LogP contribution in [0.4, 0.5) is 5.82 Å². The molecule has 0 bridgehead atoms. The van der Waals surface area contributed by atoms with E-state index in [1.165, 1.54) is 11.5 Å². The van der Waals surface area contributed by atoms with Crippen LogP contribution in [0.1, 0.15) is 15.9 Å². The molecule has 0 unspecified atom stereocenters. The average molecular weight is 450 g/mol. The van der Waals surface area contributed by atoms with Crippen molar-refractivity contribution in [1.82, 2.24) is 19.2 Å². The number of carbonyl (C=O) groups excluding carboxylic acids is 1. The van der Waals surface area contributed by atoms with Crippen LogP contribution < -0.4 is 4.90 Å². The maximum absolute atomic E-state index is 12.9. The summed E-state index contributed by atoms with van der Waals surface area (Å²) >= 11 is 7.43. The van der Waals surface area contributed by atoms with Crippen molar-refractivity contribution >= 4 is 45.1 Å². The fraction of sp³-hybridized carbons (Fsp3) is 0.217. The van der Waals surface area contributed by atoms with E-state index in [1.807, 2.05) is 60.4 Å². The fourth-order valence-corrected chi connectivity index (χ4v) is 4.88. The first-order valence-corrected chi connectivity index (χ1v) is 11.2. The van der Waals surface area contributed by atoms with E-state index in [0.29, 0.717) is 18.1 Å². The number of anilines is 1. The van der Waals surface area contributed by atoms with Crippen LogP contribution in [0.25, 0.3) is 21.5 Å². The molecule has 5 rings (SSSR count). The van der Waals surface area contributed by atoms with Gasteiger partial charge in [0.05, 0.1) is 0 Å². The lowest BCUT2D eigenvalue weighted by molar-refractivity contribution is 0.0746. The number of fused-ring (bicyclic) bond motifs is 1. The molecule has 1 aliphatic heterocycles. The van der Waals surface area contributed by atoms with Gasteiger partial charge >= 0.3 is 0 Å². The molecule has 8 heteroatoms. The molecule has 1 fully saturated rings. The van der Waals surface area contributed by atoms with Crippen LogP contribution in [0.2, 0.25) is 5.02 Å². The number of aryl methyl sites for hydroxylation is 1. The molecule has 1 saturated heterocycles. The van der Waals surface area contributed by atoms with Crippen molar-refractivity contribution in [1.29, 1.82) is 0 Å². The molecule has 4 aromatic rings. The Hall–Kier alpha value is -3.03. The van der Waals surface area contributed by atoms with Crippen LogP contribution >= 0.6 is 23.1 Å². The van der Waals surface area contributed by atoms with Gasteiger partial charge in [-0.05, 0) is 42.2 Å². The van der Waals surface area contributed by atoms with Crippen molar-refractivity contribution in [2.45, 2.75) is 6.92 Å². The summed E-state index contributed by atoms with van der Waals surface area (Å²) in [6.45, 7) is 4.72. The molecular weight excluding hydrogens is 430 g/mol. The number of aromatic nitrogens is 3. The molecule has 6 nitrogen and oxygen atoms in total. The number of carbonyl (C=O) groups is 1. The number of hydrogen-bond acceptors (Lipinski definition) is 6. The standard InChI is InChI=1S/C23H20ClN5OS/c1-15-4-2-3-5-18(15)23(30)29-12-10-28(11-13-29)22-21-20(25-14-26-22)19(27-31-21)16-6-8-17(24)9-7-16/h2-9,14H,10-13H2,1H3. The highest BCUT2D eigenvalue weighted by Crippen LogP contribution is 2.34. The number of nitrogens with zero attached hydrogens (tertiary/aromatic N) is 5. The van der Waals surface area contributed by atoms with Gasteiger partial charge in [-0.25, -0.2) is 9.97 Å². The van der Waals surface area contributed by atoms with Crippen molar-refractivity contribution in [2.24, 2.45) is 0 Å².